The van der Waals surface area contributed by atoms with Gasteiger partial charge in [0.1, 0.15) is 11.4 Å². The molecule has 1 aromatic heterocycles. The summed E-state index contributed by atoms with van der Waals surface area (Å²) in [7, 11) is -3.91. The highest BCUT2D eigenvalue weighted by atomic mass is 31.1. The van der Waals surface area contributed by atoms with Gasteiger partial charge in [-0.25, -0.2) is 9.37 Å². The molecule has 0 bridgehead atoms. The number of carboxylic acids is 1. The second-order valence-electron chi connectivity index (χ2n) is 8.15. The van der Waals surface area contributed by atoms with Crippen molar-refractivity contribution in [3.63, 3.8) is 0 Å². The van der Waals surface area contributed by atoms with Crippen LogP contribution >= 0.6 is 8.03 Å². The van der Waals surface area contributed by atoms with Crippen LogP contribution in [-0.2, 0) is 15.0 Å². The molecule has 3 unspecified atom stereocenters. The van der Waals surface area contributed by atoms with Crippen LogP contribution in [0, 0.1) is 11.7 Å². The number of fused-ring (bicyclic) bond motifs is 1. The monoisotopic (exact) mass is 457 g/mol. The Bertz CT molecular complexity index is 1160. The SMILES string of the molecule is CC(C)CC(O)(c1ccc2ccccc2n1)C(C=Cc1ccc(F)cc1)(C(=O)O)[PH](=O)O. The molecule has 32 heavy (non-hydrogen) atoms. The molecule has 3 N–H and O–H groups in total. The third-order valence-electron chi connectivity index (χ3n) is 5.45. The predicted molar refractivity (Wildman–Crippen MR) is 122 cm³/mol. The maximum atomic E-state index is 13.2. The lowest BCUT2D eigenvalue weighted by Crippen LogP contribution is -2.54. The van der Waals surface area contributed by atoms with Gasteiger partial charge in [-0.1, -0.05) is 62.4 Å². The van der Waals surface area contributed by atoms with Gasteiger partial charge in [-0.2, -0.15) is 0 Å². The number of benzene rings is 2. The Balaban J connectivity index is 2.27. The number of halogens is 1. The number of hydrogen-bond acceptors (Lipinski definition) is 4. The predicted octanol–water partition coefficient (Wildman–Crippen LogP) is 4.61. The summed E-state index contributed by atoms with van der Waals surface area (Å²) in [5.74, 6) is -2.35. The van der Waals surface area contributed by atoms with Crippen LogP contribution in [0.4, 0.5) is 4.39 Å². The fourth-order valence-corrected chi connectivity index (χ4v) is 4.87. The summed E-state index contributed by atoms with van der Waals surface area (Å²) in [6.07, 6.45) is 2.21. The smallest absolute Gasteiger partial charge is 0.326 e. The Morgan fingerprint density at radius 3 is 2.38 bits per heavy atom. The van der Waals surface area contributed by atoms with Crippen molar-refractivity contribution in [2.75, 3.05) is 0 Å². The third kappa shape index (κ3) is 4.37. The van der Waals surface area contributed by atoms with Crippen LogP contribution in [0.2, 0.25) is 0 Å². The van der Waals surface area contributed by atoms with E-state index in [9.17, 15) is 28.9 Å². The van der Waals surface area contributed by atoms with Crippen molar-refractivity contribution in [3.05, 3.63) is 83.8 Å². The Labute approximate surface area is 185 Å². The number of aliphatic hydroxyl groups is 1. The second kappa shape index (κ2) is 9.33. The van der Waals surface area contributed by atoms with Gasteiger partial charge in [0.15, 0.2) is 5.16 Å². The minimum atomic E-state index is -3.91. The number of aliphatic carboxylic acids is 1. The molecule has 0 amide bonds. The average Bonchev–Trinajstić information content (AvgIpc) is 2.74. The topological polar surface area (TPSA) is 108 Å². The van der Waals surface area contributed by atoms with E-state index in [-0.39, 0.29) is 18.0 Å². The normalized spacial score (nSPS) is 16.7. The van der Waals surface area contributed by atoms with Gasteiger partial charge in [-0.05, 0) is 42.2 Å². The van der Waals surface area contributed by atoms with Gasteiger partial charge in [0, 0.05) is 5.39 Å². The Morgan fingerprint density at radius 1 is 1.12 bits per heavy atom. The van der Waals surface area contributed by atoms with E-state index in [1.165, 1.54) is 36.4 Å². The number of nitrogens with zero attached hydrogens (tertiary/aromatic N) is 1. The average molecular weight is 457 g/mol. The largest absolute Gasteiger partial charge is 0.480 e. The fraction of sp³-hybridized carbons (Fsp3) is 0.250. The van der Waals surface area contributed by atoms with E-state index in [0.29, 0.717) is 11.1 Å². The molecule has 0 saturated heterocycles. The molecular weight excluding hydrogens is 432 g/mol. The molecule has 0 radical (unpaired) electrons. The zero-order chi connectivity index (χ0) is 23.5. The minimum absolute atomic E-state index is 0.0107. The maximum absolute atomic E-state index is 13.2. The molecule has 6 nitrogen and oxygen atoms in total. The first-order valence-corrected chi connectivity index (χ1v) is 11.5. The summed E-state index contributed by atoms with van der Waals surface area (Å²) in [6, 6.07) is 15.5. The summed E-state index contributed by atoms with van der Waals surface area (Å²) in [5.41, 5.74) is -1.37. The van der Waals surface area contributed by atoms with Crippen molar-refractivity contribution < 1.29 is 28.9 Å². The highest BCUT2D eigenvalue weighted by molar-refractivity contribution is 7.42. The van der Waals surface area contributed by atoms with Crippen molar-refractivity contribution in [1.29, 1.82) is 0 Å². The van der Waals surface area contributed by atoms with E-state index in [2.05, 4.69) is 4.98 Å². The van der Waals surface area contributed by atoms with Crippen LogP contribution in [0.5, 0.6) is 0 Å². The summed E-state index contributed by atoms with van der Waals surface area (Å²) in [6.45, 7) is 3.55. The fourth-order valence-electron chi connectivity index (χ4n) is 3.88. The van der Waals surface area contributed by atoms with Crippen LogP contribution < -0.4 is 0 Å². The van der Waals surface area contributed by atoms with Crippen LogP contribution in [0.3, 0.4) is 0 Å². The lowest BCUT2D eigenvalue weighted by molar-refractivity contribution is -0.148. The molecule has 3 rings (SSSR count). The van der Waals surface area contributed by atoms with E-state index in [0.717, 1.165) is 11.5 Å². The molecule has 0 fully saturated rings. The van der Waals surface area contributed by atoms with Gasteiger partial charge >= 0.3 is 5.97 Å². The zero-order valence-corrected chi connectivity index (χ0v) is 18.7. The molecule has 0 aliphatic rings. The van der Waals surface area contributed by atoms with Gasteiger partial charge in [-0.15, -0.1) is 0 Å². The standard InChI is InChI=1S/C24H25FNO5P/c1-16(2)15-23(29,21-12-9-18-5-3-4-6-20(18)26-21)24(22(27)28,32(30)31)14-13-17-7-10-19(25)11-8-17/h3-14,16,29,32H,15H2,1-2H3,(H,27,28)(H,30,31). The molecule has 3 aromatic rings. The highest BCUT2D eigenvalue weighted by Crippen LogP contribution is 2.53. The Kier molecular flexibility index (Phi) is 6.94. The third-order valence-corrected chi connectivity index (χ3v) is 6.92. The zero-order valence-electron chi connectivity index (χ0n) is 17.7. The van der Waals surface area contributed by atoms with Gasteiger partial charge in [0.25, 0.3) is 0 Å². The van der Waals surface area contributed by atoms with E-state index >= 15 is 0 Å². The Morgan fingerprint density at radius 2 is 1.78 bits per heavy atom. The highest BCUT2D eigenvalue weighted by Gasteiger charge is 2.60. The van der Waals surface area contributed by atoms with Crippen molar-refractivity contribution in [1.82, 2.24) is 4.98 Å². The van der Waals surface area contributed by atoms with Crippen molar-refractivity contribution in [3.8, 4) is 0 Å². The number of pyridine rings is 1. The summed E-state index contributed by atoms with van der Waals surface area (Å²) in [4.78, 5) is 27.4. The number of carbonyl (C=O) groups is 1. The van der Waals surface area contributed by atoms with Gasteiger partial charge in [0.2, 0.25) is 8.03 Å². The Hall–Kier alpha value is -2.86. The molecule has 0 aliphatic carbocycles. The molecule has 3 atom stereocenters. The number of para-hydroxylation sites is 1. The molecule has 0 aliphatic heterocycles. The molecule has 0 saturated carbocycles. The first-order valence-electron chi connectivity index (χ1n) is 10.1. The van der Waals surface area contributed by atoms with E-state index < -0.39 is 30.6 Å². The van der Waals surface area contributed by atoms with Crippen LogP contribution in [-0.4, -0.2) is 31.2 Å². The summed E-state index contributed by atoms with van der Waals surface area (Å²) in [5, 5.41) is 20.3. The first kappa shape index (κ1) is 23.8. The number of hydrogen-bond donors (Lipinski definition) is 3. The summed E-state index contributed by atoms with van der Waals surface area (Å²) < 4.78 is 26.0. The number of carboxylic acid groups (broad SMARTS) is 1. The molecular formula is C24H25FNO5P. The van der Waals surface area contributed by atoms with Crippen LogP contribution in [0.15, 0.2) is 66.7 Å². The van der Waals surface area contributed by atoms with E-state index in [1.807, 2.05) is 12.1 Å². The second-order valence-corrected chi connectivity index (χ2v) is 9.55. The number of aromatic nitrogens is 1. The molecule has 2 aromatic carbocycles. The van der Waals surface area contributed by atoms with Gasteiger partial charge in [0.05, 0.1) is 11.2 Å². The van der Waals surface area contributed by atoms with Crippen LogP contribution in [0.1, 0.15) is 31.5 Å². The molecule has 1 heterocycles. The quantitative estimate of drug-likeness (QED) is 0.427. The number of rotatable bonds is 8. The van der Waals surface area contributed by atoms with Gasteiger partial charge < -0.3 is 15.1 Å². The van der Waals surface area contributed by atoms with Crippen molar-refractivity contribution >= 4 is 31.0 Å². The van der Waals surface area contributed by atoms with Crippen molar-refractivity contribution in [2.24, 2.45) is 5.92 Å². The molecule has 168 valence electrons. The van der Waals surface area contributed by atoms with E-state index in [1.54, 1.807) is 32.0 Å². The van der Waals surface area contributed by atoms with E-state index in [4.69, 9.17) is 0 Å². The molecule has 8 heteroatoms. The van der Waals surface area contributed by atoms with Crippen LogP contribution in [0.25, 0.3) is 17.0 Å². The first-order chi connectivity index (χ1) is 15.1. The van der Waals surface area contributed by atoms with Gasteiger partial charge in [-0.3, -0.25) is 9.36 Å². The lowest BCUT2D eigenvalue weighted by atomic mass is 9.76. The molecule has 0 spiro atoms. The summed E-state index contributed by atoms with van der Waals surface area (Å²) >= 11 is 0. The maximum Gasteiger partial charge on any atom is 0.326 e. The lowest BCUT2D eigenvalue weighted by Gasteiger charge is -2.41. The minimum Gasteiger partial charge on any atom is -0.480 e. The van der Waals surface area contributed by atoms with Crippen molar-refractivity contribution in [2.45, 2.75) is 31.0 Å².